The number of ether oxygens (including phenoxy) is 2. The lowest BCUT2D eigenvalue weighted by atomic mass is 10.0. The van der Waals surface area contributed by atoms with Gasteiger partial charge in [-0.25, -0.2) is 0 Å². The Kier molecular flexibility index (Phi) is 8.03. The minimum Gasteiger partial charge on any atom is -0.484 e. The van der Waals surface area contributed by atoms with E-state index in [-0.39, 0.29) is 36.2 Å². The van der Waals surface area contributed by atoms with Gasteiger partial charge in [0, 0.05) is 25.6 Å². The SMILES string of the molecule is Cl.O=C(NCC1CNC1)c1cc(OCC(F)(F)F)ccc1OCC(F)(F)F. The zero-order valence-electron chi connectivity index (χ0n) is 13.7. The number of alkyl halides is 6. The van der Waals surface area contributed by atoms with Crippen molar-refractivity contribution in [1.29, 1.82) is 0 Å². The van der Waals surface area contributed by atoms with Gasteiger partial charge in [-0.3, -0.25) is 4.79 Å². The lowest BCUT2D eigenvalue weighted by Gasteiger charge is -2.27. The van der Waals surface area contributed by atoms with Crippen molar-refractivity contribution in [1.82, 2.24) is 10.6 Å². The molecule has 1 aromatic rings. The molecule has 0 spiro atoms. The number of halogens is 7. The molecule has 12 heteroatoms. The van der Waals surface area contributed by atoms with Crippen LogP contribution in [0.15, 0.2) is 18.2 Å². The third-order valence-electron chi connectivity index (χ3n) is 3.41. The molecule has 5 nitrogen and oxygen atoms in total. The van der Waals surface area contributed by atoms with E-state index in [0.717, 1.165) is 18.2 Å². The monoisotopic (exact) mass is 422 g/mol. The molecule has 154 valence electrons. The van der Waals surface area contributed by atoms with Crippen LogP contribution in [0.25, 0.3) is 0 Å². The van der Waals surface area contributed by atoms with Crippen molar-refractivity contribution in [2.45, 2.75) is 12.4 Å². The predicted molar refractivity (Wildman–Crippen MR) is 85.5 cm³/mol. The average molecular weight is 423 g/mol. The van der Waals surface area contributed by atoms with Gasteiger partial charge in [-0.1, -0.05) is 0 Å². The molecule has 1 aromatic carbocycles. The number of rotatable bonds is 7. The second-order valence-corrected chi connectivity index (χ2v) is 5.70. The minimum atomic E-state index is -4.63. The summed E-state index contributed by atoms with van der Waals surface area (Å²) in [4.78, 5) is 12.2. The molecule has 1 saturated heterocycles. The van der Waals surface area contributed by atoms with E-state index in [0.29, 0.717) is 13.1 Å². The third-order valence-corrected chi connectivity index (χ3v) is 3.41. The normalized spacial score (nSPS) is 14.7. The molecule has 1 aliphatic rings. The summed E-state index contributed by atoms with van der Waals surface area (Å²) in [7, 11) is 0. The highest BCUT2D eigenvalue weighted by Crippen LogP contribution is 2.28. The topological polar surface area (TPSA) is 59.6 Å². The van der Waals surface area contributed by atoms with Crippen molar-refractivity contribution < 1.29 is 40.6 Å². The molecule has 2 N–H and O–H groups in total. The molecule has 2 rings (SSSR count). The fraction of sp³-hybridized carbons (Fsp3) is 0.533. The van der Waals surface area contributed by atoms with E-state index in [1.54, 1.807) is 0 Å². The predicted octanol–water partition coefficient (Wildman–Crippen LogP) is 2.94. The van der Waals surface area contributed by atoms with Gasteiger partial charge in [-0.2, -0.15) is 26.3 Å². The Hall–Kier alpha value is -1.88. The van der Waals surface area contributed by atoms with Crippen LogP contribution in [0.5, 0.6) is 11.5 Å². The van der Waals surface area contributed by atoms with Crippen LogP contribution in [0.2, 0.25) is 0 Å². The Labute approximate surface area is 156 Å². The van der Waals surface area contributed by atoms with Gasteiger partial charge in [0.1, 0.15) is 11.5 Å². The molecule has 1 amide bonds. The first-order valence-corrected chi connectivity index (χ1v) is 7.55. The molecule has 27 heavy (non-hydrogen) atoms. The fourth-order valence-corrected chi connectivity index (χ4v) is 2.05. The summed E-state index contributed by atoms with van der Waals surface area (Å²) < 4.78 is 82.8. The molecule has 0 aromatic heterocycles. The van der Waals surface area contributed by atoms with Gasteiger partial charge in [0.25, 0.3) is 5.91 Å². The van der Waals surface area contributed by atoms with Gasteiger partial charge in [-0.05, 0) is 18.2 Å². The van der Waals surface area contributed by atoms with Crippen LogP contribution in [0.4, 0.5) is 26.3 Å². The average Bonchev–Trinajstić information content (AvgIpc) is 2.48. The highest BCUT2D eigenvalue weighted by molar-refractivity contribution is 5.97. The van der Waals surface area contributed by atoms with Gasteiger partial charge in [0.15, 0.2) is 13.2 Å². The number of carbonyl (C=O) groups is 1. The molecule has 0 atom stereocenters. The summed E-state index contributed by atoms with van der Waals surface area (Å²) in [5.41, 5.74) is -0.332. The molecular weight excluding hydrogens is 406 g/mol. The highest BCUT2D eigenvalue weighted by atomic mass is 35.5. The molecule has 1 aliphatic heterocycles. The maximum atomic E-state index is 12.3. The number of nitrogens with one attached hydrogen (secondary N) is 2. The number of carbonyl (C=O) groups excluding carboxylic acids is 1. The Bertz CT molecular complexity index is 635. The summed E-state index contributed by atoms with van der Waals surface area (Å²) in [6.45, 7) is -1.58. The number of amides is 1. The van der Waals surface area contributed by atoms with Gasteiger partial charge in [0.2, 0.25) is 0 Å². The summed E-state index contributed by atoms with van der Waals surface area (Å²) in [6.07, 6.45) is -9.22. The smallest absolute Gasteiger partial charge is 0.422 e. The van der Waals surface area contributed by atoms with Gasteiger partial charge in [-0.15, -0.1) is 12.4 Å². The van der Waals surface area contributed by atoms with Crippen LogP contribution >= 0.6 is 12.4 Å². The lowest BCUT2D eigenvalue weighted by Crippen LogP contribution is -2.48. The molecule has 1 heterocycles. The van der Waals surface area contributed by atoms with Crippen LogP contribution in [-0.4, -0.2) is 51.1 Å². The van der Waals surface area contributed by atoms with Crippen molar-refractivity contribution in [3.05, 3.63) is 23.8 Å². The lowest BCUT2D eigenvalue weighted by molar-refractivity contribution is -0.154. The maximum absolute atomic E-state index is 12.3. The molecule has 0 bridgehead atoms. The number of hydrogen-bond donors (Lipinski definition) is 2. The van der Waals surface area contributed by atoms with Crippen LogP contribution in [-0.2, 0) is 0 Å². The summed E-state index contributed by atoms with van der Waals surface area (Å²) in [6, 6.07) is 2.90. The highest BCUT2D eigenvalue weighted by Gasteiger charge is 2.30. The van der Waals surface area contributed by atoms with Crippen LogP contribution < -0.4 is 20.1 Å². The van der Waals surface area contributed by atoms with Crippen molar-refractivity contribution in [3.63, 3.8) is 0 Å². The van der Waals surface area contributed by atoms with E-state index in [9.17, 15) is 31.1 Å². The van der Waals surface area contributed by atoms with Crippen molar-refractivity contribution in [3.8, 4) is 11.5 Å². The number of benzene rings is 1. The largest absolute Gasteiger partial charge is 0.484 e. The van der Waals surface area contributed by atoms with E-state index in [1.165, 1.54) is 0 Å². The molecule has 0 aliphatic carbocycles. The third kappa shape index (κ3) is 8.12. The van der Waals surface area contributed by atoms with E-state index in [1.807, 2.05) is 0 Å². The van der Waals surface area contributed by atoms with Crippen molar-refractivity contribution in [2.24, 2.45) is 5.92 Å². The van der Waals surface area contributed by atoms with Gasteiger partial charge < -0.3 is 20.1 Å². The van der Waals surface area contributed by atoms with Gasteiger partial charge >= 0.3 is 12.4 Å². The Balaban J connectivity index is 0.00000364. The summed E-state index contributed by atoms with van der Waals surface area (Å²) >= 11 is 0. The standard InChI is InChI=1S/C15H16F6N2O3.ClH/c16-14(17,18)7-25-10-1-2-12(26-8-15(19,20)21)11(3-10)13(24)23-6-9-4-22-5-9;/h1-3,9,22H,4-8H2,(H,23,24);1H. The second kappa shape index (κ2) is 9.36. The van der Waals surface area contributed by atoms with Crippen molar-refractivity contribution >= 4 is 18.3 Å². The van der Waals surface area contributed by atoms with E-state index in [2.05, 4.69) is 20.1 Å². The van der Waals surface area contributed by atoms with Gasteiger partial charge in [0.05, 0.1) is 5.56 Å². The van der Waals surface area contributed by atoms with Crippen molar-refractivity contribution in [2.75, 3.05) is 32.8 Å². The van der Waals surface area contributed by atoms with Crippen LogP contribution in [0, 0.1) is 5.92 Å². The Morgan fingerprint density at radius 1 is 1.07 bits per heavy atom. The van der Waals surface area contributed by atoms with Crippen LogP contribution in [0.3, 0.4) is 0 Å². The van der Waals surface area contributed by atoms with E-state index in [4.69, 9.17) is 0 Å². The first-order chi connectivity index (χ1) is 12.0. The van der Waals surface area contributed by atoms with Crippen LogP contribution in [0.1, 0.15) is 10.4 Å². The summed E-state index contributed by atoms with van der Waals surface area (Å²) in [5.74, 6) is -1.28. The quantitative estimate of drug-likeness (QED) is 0.663. The number of hydrogen-bond acceptors (Lipinski definition) is 4. The molecule has 1 fully saturated rings. The fourth-order valence-electron chi connectivity index (χ4n) is 2.05. The first-order valence-electron chi connectivity index (χ1n) is 7.55. The molecular formula is C15H17ClF6N2O3. The Morgan fingerprint density at radius 2 is 1.67 bits per heavy atom. The van der Waals surface area contributed by atoms with E-state index >= 15 is 0 Å². The zero-order valence-corrected chi connectivity index (χ0v) is 14.6. The molecule has 0 unspecified atom stereocenters. The summed E-state index contributed by atoms with van der Waals surface area (Å²) in [5, 5.41) is 5.51. The molecule has 0 saturated carbocycles. The molecule has 0 radical (unpaired) electrons. The second-order valence-electron chi connectivity index (χ2n) is 5.70. The zero-order chi connectivity index (χ0) is 19.4. The first kappa shape index (κ1) is 23.2. The minimum absolute atomic E-state index is 0. The maximum Gasteiger partial charge on any atom is 0.422 e. The Morgan fingerprint density at radius 3 is 2.19 bits per heavy atom. The van der Waals surface area contributed by atoms with E-state index < -0.39 is 37.2 Å².